The van der Waals surface area contributed by atoms with Gasteiger partial charge in [0.15, 0.2) is 5.75 Å². The summed E-state index contributed by atoms with van der Waals surface area (Å²) in [6, 6.07) is 12.9. The van der Waals surface area contributed by atoms with Crippen molar-refractivity contribution in [3.63, 3.8) is 0 Å². The van der Waals surface area contributed by atoms with Crippen LogP contribution in [0.5, 0.6) is 5.75 Å². The fraction of sp³-hybridized carbons (Fsp3) is 0. The lowest BCUT2D eigenvalue weighted by molar-refractivity contribution is 0.488. The molecule has 0 amide bonds. The standard InChI is InChI=1S/C15H9Cl2NO3S/c16-11-6-2-8-13(14(11)17)22(19,20)21-12-7-1-4-10-5-3-9-18-15(10)12/h1-9H. The molecule has 3 rings (SSSR count). The van der Waals surface area contributed by atoms with Crippen molar-refractivity contribution in [3.05, 3.63) is 64.8 Å². The molecule has 0 atom stereocenters. The van der Waals surface area contributed by atoms with Gasteiger partial charge in [0.25, 0.3) is 0 Å². The summed E-state index contributed by atoms with van der Waals surface area (Å²) in [5.74, 6) is 0.133. The highest BCUT2D eigenvalue weighted by Gasteiger charge is 2.22. The second-order valence-electron chi connectivity index (χ2n) is 4.42. The lowest BCUT2D eigenvalue weighted by atomic mass is 10.2. The van der Waals surface area contributed by atoms with Crippen molar-refractivity contribution in [2.24, 2.45) is 0 Å². The van der Waals surface area contributed by atoms with E-state index < -0.39 is 10.1 Å². The molecule has 7 heteroatoms. The van der Waals surface area contributed by atoms with Crippen LogP contribution in [0.25, 0.3) is 10.9 Å². The predicted octanol–water partition coefficient (Wildman–Crippen LogP) is 4.31. The number of aromatic nitrogens is 1. The molecule has 0 aliphatic heterocycles. The van der Waals surface area contributed by atoms with Gasteiger partial charge in [-0.2, -0.15) is 8.42 Å². The summed E-state index contributed by atoms with van der Waals surface area (Å²) in [6.45, 7) is 0. The lowest BCUT2D eigenvalue weighted by Gasteiger charge is -2.10. The largest absolute Gasteiger partial charge is 0.377 e. The molecule has 0 aliphatic carbocycles. The highest BCUT2D eigenvalue weighted by Crippen LogP contribution is 2.32. The fourth-order valence-corrected chi connectivity index (χ4v) is 3.66. The van der Waals surface area contributed by atoms with Gasteiger partial charge < -0.3 is 4.18 Å². The minimum atomic E-state index is -4.11. The van der Waals surface area contributed by atoms with Gasteiger partial charge in [-0.3, -0.25) is 4.98 Å². The normalized spacial score (nSPS) is 11.5. The molecule has 0 radical (unpaired) electrons. The molecule has 0 bridgehead atoms. The van der Waals surface area contributed by atoms with Crippen LogP contribution in [0.15, 0.2) is 59.6 Å². The molecule has 0 spiro atoms. The van der Waals surface area contributed by atoms with Gasteiger partial charge in [-0.25, -0.2) is 0 Å². The zero-order chi connectivity index (χ0) is 15.7. The van der Waals surface area contributed by atoms with Gasteiger partial charge in [0.1, 0.15) is 10.4 Å². The predicted molar refractivity (Wildman–Crippen MR) is 86.0 cm³/mol. The van der Waals surface area contributed by atoms with E-state index in [1.165, 1.54) is 24.3 Å². The van der Waals surface area contributed by atoms with E-state index in [-0.39, 0.29) is 20.7 Å². The molecular weight excluding hydrogens is 345 g/mol. The first kappa shape index (κ1) is 15.1. The van der Waals surface area contributed by atoms with Crippen molar-refractivity contribution in [1.82, 2.24) is 4.98 Å². The summed E-state index contributed by atoms with van der Waals surface area (Å²) in [6.07, 6.45) is 1.56. The van der Waals surface area contributed by atoms with E-state index in [9.17, 15) is 8.42 Å². The molecule has 0 fully saturated rings. The Morgan fingerprint density at radius 2 is 1.68 bits per heavy atom. The van der Waals surface area contributed by atoms with Crippen LogP contribution in [-0.4, -0.2) is 13.4 Å². The number of halogens is 2. The first-order valence-corrected chi connectivity index (χ1v) is 8.38. The maximum absolute atomic E-state index is 12.4. The topological polar surface area (TPSA) is 56.3 Å². The van der Waals surface area contributed by atoms with Crippen molar-refractivity contribution in [1.29, 1.82) is 0 Å². The van der Waals surface area contributed by atoms with E-state index in [4.69, 9.17) is 27.4 Å². The number of hydrogen-bond donors (Lipinski definition) is 0. The van der Waals surface area contributed by atoms with E-state index in [1.54, 1.807) is 18.3 Å². The minimum absolute atomic E-state index is 0.0719. The Morgan fingerprint density at radius 1 is 0.955 bits per heavy atom. The smallest absolute Gasteiger partial charge is 0.340 e. The van der Waals surface area contributed by atoms with Gasteiger partial charge in [-0.1, -0.05) is 47.5 Å². The zero-order valence-electron chi connectivity index (χ0n) is 11.0. The SMILES string of the molecule is O=S(=O)(Oc1cccc2cccnc12)c1cccc(Cl)c1Cl. The lowest BCUT2D eigenvalue weighted by Crippen LogP contribution is -2.11. The number of para-hydroxylation sites is 1. The number of fused-ring (bicyclic) bond motifs is 1. The van der Waals surface area contributed by atoms with Gasteiger partial charge in [-0.15, -0.1) is 0 Å². The molecular formula is C15H9Cl2NO3S. The molecule has 0 saturated heterocycles. The zero-order valence-corrected chi connectivity index (χ0v) is 13.4. The van der Waals surface area contributed by atoms with Crippen molar-refractivity contribution in [2.75, 3.05) is 0 Å². The molecule has 0 saturated carbocycles. The van der Waals surface area contributed by atoms with Gasteiger partial charge in [-0.05, 0) is 24.3 Å². The van der Waals surface area contributed by atoms with Crippen molar-refractivity contribution in [2.45, 2.75) is 4.90 Å². The number of benzene rings is 2. The molecule has 4 nitrogen and oxygen atoms in total. The summed E-state index contributed by atoms with van der Waals surface area (Å²) in [7, 11) is -4.11. The quantitative estimate of drug-likeness (QED) is 0.658. The van der Waals surface area contributed by atoms with Gasteiger partial charge >= 0.3 is 10.1 Å². The fourth-order valence-electron chi connectivity index (χ4n) is 1.98. The Hall–Kier alpha value is -1.82. The van der Waals surface area contributed by atoms with Gasteiger partial charge in [0.05, 0.1) is 10.0 Å². The molecule has 2 aromatic carbocycles. The van der Waals surface area contributed by atoms with E-state index in [2.05, 4.69) is 4.98 Å². The van der Waals surface area contributed by atoms with Crippen LogP contribution in [0.1, 0.15) is 0 Å². The number of pyridine rings is 1. The highest BCUT2D eigenvalue weighted by atomic mass is 35.5. The maximum atomic E-state index is 12.4. The molecule has 1 heterocycles. The average molecular weight is 354 g/mol. The van der Waals surface area contributed by atoms with Crippen LogP contribution >= 0.6 is 23.2 Å². The Balaban J connectivity index is 2.09. The summed E-state index contributed by atoms with van der Waals surface area (Å²) in [5, 5.41) is 0.840. The number of nitrogens with zero attached hydrogens (tertiary/aromatic N) is 1. The van der Waals surface area contributed by atoms with Crippen LogP contribution in [0, 0.1) is 0 Å². The molecule has 1 aromatic heterocycles. The van der Waals surface area contributed by atoms with Crippen LogP contribution in [0.4, 0.5) is 0 Å². The summed E-state index contributed by atoms with van der Waals surface area (Å²) < 4.78 is 30.1. The molecule has 3 aromatic rings. The molecule has 0 unspecified atom stereocenters. The van der Waals surface area contributed by atoms with Gasteiger partial charge in [0.2, 0.25) is 0 Å². The average Bonchev–Trinajstić information content (AvgIpc) is 2.50. The third kappa shape index (κ3) is 2.75. The summed E-state index contributed by atoms with van der Waals surface area (Å²) in [4.78, 5) is 3.96. The Kier molecular flexibility index (Phi) is 3.95. The second-order valence-corrected chi connectivity index (χ2v) is 6.72. The third-order valence-electron chi connectivity index (χ3n) is 2.98. The molecule has 0 N–H and O–H groups in total. The molecule has 22 heavy (non-hydrogen) atoms. The third-order valence-corrected chi connectivity index (χ3v) is 5.19. The Morgan fingerprint density at radius 3 is 2.50 bits per heavy atom. The van der Waals surface area contributed by atoms with E-state index in [0.717, 1.165) is 5.39 Å². The van der Waals surface area contributed by atoms with E-state index >= 15 is 0 Å². The van der Waals surface area contributed by atoms with Crippen molar-refractivity contribution < 1.29 is 12.6 Å². The van der Waals surface area contributed by atoms with Crippen molar-refractivity contribution >= 4 is 44.2 Å². The van der Waals surface area contributed by atoms with Crippen LogP contribution in [-0.2, 0) is 10.1 Å². The second kappa shape index (κ2) is 5.76. The Labute approximate surface area is 137 Å². The summed E-state index contributed by atoms with van der Waals surface area (Å²) >= 11 is 11.8. The highest BCUT2D eigenvalue weighted by molar-refractivity contribution is 7.87. The first-order chi connectivity index (χ1) is 10.5. The number of hydrogen-bond acceptors (Lipinski definition) is 4. The van der Waals surface area contributed by atoms with Crippen LogP contribution < -0.4 is 4.18 Å². The first-order valence-electron chi connectivity index (χ1n) is 6.21. The van der Waals surface area contributed by atoms with Crippen LogP contribution in [0.3, 0.4) is 0 Å². The molecule has 112 valence electrons. The van der Waals surface area contributed by atoms with Crippen LogP contribution in [0.2, 0.25) is 10.0 Å². The maximum Gasteiger partial charge on any atom is 0.340 e. The van der Waals surface area contributed by atoms with Crippen molar-refractivity contribution in [3.8, 4) is 5.75 Å². The molecule has 0 aliphatic rings. The Bertz CT molecular complexity index is 953. The van der Waals surface area contributed by atoms with Gasteiger partial charge in [0, 0.05) is 11.6 Å². The van der Waals surface area contributed by atoms with E-state index in [1.807, 2.05) is 12.1 Å². The summed E-state index contributed by atoms with van der Waals surface area (Å²) in [5.41, 5.74) is 0.451. The van der Waals surface area contributed by atoms with E-state index in [0.29, 0.717) is 5.52 Å². The number of rotatable bonds is 3. The minimum Gasteiger partial charge on any atom is -0.377 e. The monoisotopic (exact) mass is 353 g/mol.